The average Bonchev–Trinajstić information content (AvgIpc) is 2.87. The molecule has 3 heteroatoms. The van der Waals surface area contributed by atoms with Crippen LogP contribution >= 0.6 is 0 Å². The monoisotopic (exact) mass is 325 g/mol. The van der Waals surface area contributed by atoms with Crippen molar-refractivity contribution in [3.05, 3.63) is 65.8 Å². The predicted molar refractivity (Wildman–Crippen MR) is 105 cm³/mol. The fourth-order valence-corrected chi connectivity index (χ4v) is 3.23. The summed E-state index contributed by atoms with van der Waals surface area (Å²) >= 11 is 0. The van der Waals surface area contributed by atoms with Gasteiger partial charge in [-0.15, -0.1) is 0 Å². The number of anilines is 1. The summed E-state index contributed by atoms with van der Waals surface area (Å²) in [6.07, 6.45) is 11.7. The smallest absolute Gasteiger partial charge is 0.0592 e. The molecule has 3 N–H and O–H groups in total. The Morgan fingerprint density at radius 3 is 3.00 bits per heavy atom. The highest BCUT2D eigenvalue weighted by Gasteiger charge is 2.19. The summed E-state index contributed by atoms with van der Waals surface area (Å²) in [7, 11) is 0. The summed E-state index contributed by atoms with van der Waals surface area (Å²) in [5, 5.41) is 5.42. The topological polar surface area (TPSA) is 41.3 Å². The summed E-state index contributed by atoms with van der Waals surface area (Å²) in [5.41, 5.74) is 4.89. The number of benzene rings is 1. The SMILES string of the molecule is C=C/C(=C\C=C/C)CN(N)c1ccc(C)cc1C1CCCCNC1. The van der Waals surface area contributed by atoms with Crippen LogP contribution in [0.15, 0.2) is 54.7 Å². The summed E-state index contributed by atoms with van der Waals surface area (Å²) in [6.45, 7) is 10.9. The van der Waals surface area contributed by atoms with Crippen molar-refractivity contribution in [1.29, 1.82) is 0 Å². The van der Waals surface area contributed by atoms with Crippen LogP contribution in [0.1, 0.15) is 43.2 Å². The molecular formula is C21H31N3. The number of nitrogens with zero attached hydrogens (tertiary/aromatic N) is 1. The minimum Gasteiger partial charge on any atom is -0.316 e. The maximum Gasteiger partial charge on any atom is 0.0592 e. The molecule has 3 nitrogen and oxygen atoms in total. The Kier molecular flexibility index (Phi) is 7.29. The molecular weight excluding hydrogens is 294 g/mol. The van der Waals surface area contributed by atoms with Crippen molar-refractivity contribution >= 4 is 5.69 Å². The zero-order chi connectivity index (χ0) is 17.4. The van der Waals surface area contributed by atoms with Crippen LogP contribution in [0.5, 0.6) is 0 Å². The van der Waals surface area contributed by atoms with Crippen molar-refractivity contribution < 1.29 is 0 Å². The van der Waals surface area contributed by atoms with Crippen molar-refractivity contribution in [3.8, 4) is 0 Å². The van der Waals surface area contributed by atoms with Gasteiger partial charge in [0.2, 0.25) is 0 Å². The highest BCUT2D eigenvalue weighted by Crippen LogP contribution is 2.32. The number of hydrazine groups is 1. The molecule has 0 radical (unpaired) electrons. The minimum absolute atomic E-state index is 0.528. The number of nitrogens with one attached hydrogen (secondary N) is 1. The molecule has 0 aromatic heterocycles. The van der Waals surface area contributed by atoms with Crippen LogP contribution in [0.3, 0.4) is 0 Å². The quantitative estimate of drug-likeness (QED) is 0.467. The maximum atomic E-state index is 6.44. The van der Waals surface area contributed by atoms with Gasteiger partial charge in [-0.05, 0) is 56.4 Å². The number of aryl methyl sites for hydroxylation is 1. The fraction of sp³-hybridized carbons (Fsp3) is 0.429. The molecule has 1 atom stereocenters. The predicted octanol–water partition coefficient (Wildman–Crippen LogP) is 4.22. The molecule has 130 valence electrons. The molecule has 1 aliphatic rings. The lowest BCUT2D eigenvalue weighted by atomic mass is 9.91. The molecule has 0 saturated carbocycles. The van der Waals surface area contributed by atoms with Crippen LogP contribution < -0.4 is 16.2 Å². The molecule has 1 aromatic carbocycles. The first-order chi connectivity index (χ1) is 11.7. The van der Waals surface area contributed by atoms with E-state index in [-0.39, 0.29) is 0 Å². The lowest BCUT2D eigenvalue weighted by Gasteiger charge is -2.26. The first kappa shape index (κ1) is 18.5. The van der Waals surface area contributed by atoms with Crippen LogP contribution in [-0.2, 0) is 0 Å². The Balaban J connectivity index is 2.26. The second kappa shape index (κ2) is 9.45. The van der Waals surface area contributed by atoms with Gasteiger partial charge in [0.05, 0.1) is 12.2 Å². The number of hydrogen-bond donors (Lipinski definition) is 2. The molecule has 1 heterocycles. The average molecular weight is 326 g/mol. The minimum atomic E-state index is 0.528. The molecule has 0 spiro atoms. The van der Waals surface area contributed by atoms with Crippen LogP contribution in [0.25, 0.3) is 0 Å². The van der Waals surface area contributed by atoms with E-state index in [1.807, 2.05) is 30.2 Å². The van der Waals surface area contributed by atoms with E-state index in [0.717, 1.165) is 24.4 Å². The normalized spacial score (nSPS) is 19.3. The summed E-state index contributed by atoms with van der Waals surface area (Å²) in [5.74, 6) is 6.97. The van der Waals surface area contributed by atoms with Crippen molar-refractivity contribution in [2.24, 2.45) is 5.84 Å². The van der Waals surface area contributed by atoms with E-state index in [9.17, 15) is 0 Å². The standard InChI is InChI=1S/C21H31N3/c1-4-6-9-18(5-2)16-24(22)21-12-11-17(3)14-20(21)19-10-7-8-13-23-15-19/h4-6,9,11-12,14,19,23H,2,7-8,10,13,15-16,22H2,1,3H3/b6-4-,18-9+. The fourth-order valence-electron chi connectivity index (χ4n) is 3.23. The molecule has 1 saturated heterocycles. The van der Waals surface area contributed by atoms with Gasteiger partial charge < -0.3 is 10.3 Å². The van der Waals surface area contributed by atoms with Gasteiger partial charge in [-0.2, -0.15) is 0 Å². The van der Waals surface area contributed by atoms with Gasteiger partial charge in [-0.1, -0.05) is 55.0 Å². The molecule has 2 rings (SSSR count). The van der Waals surface area contributed by atoms with E-state index in [4.69, 9.17) is 5.84 Å². The van der Waals surface area contributed by atoms with Gasteiger partial charge >= 0.3 is 0 Å². The van der Waals surface area contributed by atoms with E-state index in [1.54, 1.807) is 0 Å². The van der Waals surface area contributed by atoms with Crippen molar-refractivity contribution in [2.75, 3.05) is 24.6 Å². The second-order valence-electron chi connectivity index (χ2n) is 6.56. The molecule has 1 aliphatic heterocycles. The number of rotatable bonds is 6. The summed E-state index contributed by atoms with van der Waals surface area (Å²) in [6, 6.07) is 6.61. The van der Waals surface area contributed by atoms with Crippen molar-refractivity contribution in [3.63, 3.8) is 0 Å². The van der Waals surface area contributed by atoms with Crippen LogP contribution in [-0.4, -0.2) is 19.6 Å². The van der Waals surface area contributed by atoms with Crippen molar-refractivity contribution in [2.45, 2.75) is 39.0 Å². The van der Waals surface area contributed by atoms with Gasteiger partial charge in [0.25, 0.3) is 0 Å². The molecule has 0 aliphatic carbocycles. The summed E-state index contributed by atoms with van der Waals surface area (Å²) < 4.78 is 0. The highest BCUT2D eigenvalue weighted by atomic mass is 15.4. The summed E-state index contributed by atoms with van der Waals surface area (Å²) in [4.78, 5) is 0. The lowest BCUT2D eigenvalue weighted by molar-refractivity contribution is 0.608. The van der Waals surface area contributed by atoms with Crippen LogP contribution in [0, 0.1) is 6.92 Å². The van der Waals surface area contributed by atoms with E-state index in [0.29, 0.717) is 12.5 Å². The zero-order valence-corrected chi connectivity index (χ0v) is 15.1. The number of hydrogen-bond acceptors (Lipinski definition) is 3. The highest BCUT2D eigenvalue weighted by molar-refractivity contribution is 5.57. The Morgan fingerprint density at radius 2 is 2.25 bits per heavy atom. The molecule has 24 heavy (non-hydrogen) atoms. The first-order valence-corrected chi connectivity index (χ1v) is 8.93. The largest absolute Gasteiger partial charge is 0.316 e. The van der Waals surface area contributed by atoms with E-state index in [1.165, 1.54) is 30.4 Å². The van der Waals surface area contributed by atoms with E-state index < -0.39 is 0 Å². The van der Waals surface area contributed by atoms with Gasteiger partial charge in [0, 0.05) is 6.54 Å². The molecule has 1 unspecified atom stereocenters. The third-order valence-electron chi connectivity index (χ3n) is 4.60. The number of nitrogens with two attached hydrogens (primary N) is 1. The zero-order valence-electron chi connectivity index (χ0n) is 15.1. The molecule has 0 amide bonds. The molecule has 1 aromatic rings. The van der Waals surface area contributed by atoms with E-state index in [2.05, 4.69) is 43.1 Å². The van der Waals surface area contributed by atoms with Gasteiger partial charge in [-0.25, -0.2) is 5.84 Å². The number of allylic oxidation sites excluding steroid dienone is 3. The van der Waals surface area contributed by atoms with Crippen LogP contribution in [0.2, 0.25) is 0 Å². The Labute approximate surface area is 146 Å². The third-order valence-corrected chi connectivity index (χ3v) is 4.60. The molecule has 1 fully saturated rings. The lowest BCUT2D eigenvalue weighted by Crippen LogP contribution is -2.34. The van der Waals surface area contributed by atoms with E-state index >= 15 is 0 Å². The van der Waals surface area contributed by atoms with Crippen LogP contribution in [0.4, 0.5) is 5.69 Å². The third kappa shape index (κ3) is 5.08. The van der Waals surface area contributed by atoms with Crippen molar-refractivity contribution in [1.82, 2.24) is 5.32 Å². The van der Waals surface area contributed by atoms with Gasteiger partial charge in [-0.3, -0.25) is 0 Å². The second-order valence-corrected chi connectivity index (χ2v) is 6.56. The van der Waals surface area contributed by atoms with Gasteiger partial charge in [0.15, 0.2) is 0 Å². The maximum absolute atomic E-state index is 6.44. The Bertz CT molecular complexity index is 593. The molecule has 0 bridgehead atoms. The Hall–Kier alpha value is -1.84. The Morgan fingerprint density at radius 1 is 1.42 bits per heavy atom. The first-order valence-electron chi connectivity index (χ1n) is 8.93. The van der Waals surface area contributed by atoms with Gasteiger partial charge in [0.1, 0.15) is 0 Å².